The number of methoxy groups -OCH3 is 2. The second-order valence-corrected chi connectivity index (χ2v) is 20.1. The second-order valence-electron chi connectivity index (χ2n) is 20.1. The van der Waals surface area contributed by atoms with Gasteiger partial charge in [-0.05, 0) is 62.8 Å². The summed E-state index contributed by atoms with van der Waals surface area (Å²) in [6.07, 6.45) is 9.41. The first-order chi connectivity index (χ1) is 31.9. The minimum Gasteiger partial charge on any atom is -0.462 e. The van der Waals surface area contributed by atoms with Crippen molar-refractivity contribution in [2.24, 2.45) is 29.4 Å². The van der Waals surface area contributed by atoms with Gasteiger partial charge in [-0.15, -0.1) is 0 Å². The van der Waals surface area contributed by atoms with Crippen molar-refractivity contribution >= 4 is 11.9 Å². The standard InChI is InChI=1S/C51H78N2O14/c1-11-27(2)46-30(5)17-19-50(67-46)25-36-22-35(66-50)16-15-29(4)45(28(3)13-12-14-34-26-60-48-44(55)31(6)21-37(49(56)63-36)51(34,48)57)64-42-24-39(59-10)47(33(8)62-42)65-41-23-38(58-9)43(32(7)61-41)53-40(54)18-20-52/h12-15,17,19,21,27-28,30,32-33,35-39,41-48,55,57H,11,16,18,20,22-26,52H2,1-10H3,(H,53,54)/b13-12+,29-15+,34-14+/t27?,28-,30-,32-,33-,35+,36-,37-,38-,39-,41-,42-,43-,44+,45-,46+,47-,48+,50+,51+/m0/s1. The number of amides is 1. The number of allylic oxidation sites excluding steroid dienone is 2. The maximum absolute atomic E-state index is 14.4. The number of aliphatic hydroxyl groups excluding tert-OH is 1. The highest BCUT2D eigenvalue weighted by Gasteiger charge is 2.60. The lowest BCUT2D eigenvalue weighted by Gasteiger charge is -2.48. The number of carbonyl (C=O) groups is 2. The van der Waals surface area contributed by atoms with Crippen LogP contribution in [0.3, 0.4) is 0 Å². The Kier molecular flexibility index (Phi) is 17.1. The summed E-state index contributed by atoms with van der Waals surface area (Å²) in [5.41, 5.74) is 5.71. The maximum Gasteiger partial charge on any atom is 0.316 e. The molecule has 0 aromatic carbocycles. The molecule has 2 bridgehead atoms. The number of fused-ring (bicyclic) bond motifs is 2. The summed E-state index contributed by atoms with van der Waals surface area (Å²) in [6.45, 7) is 16.4. The van der Waals surface area contributed by atoms with Gasteiger partial charge in [-0.2, -0.15) is 0 Å². The SMILES string of the molecule is CCC(C)[C@H]1O[C@]2(C=C[C@@H]1C)C[C@@H]1C[C@@H](C/C=C(\C)[C@@H](O[C@H]3C[C@H](OC)[C@@H](O[C@H]4C[C@H](OC)[C@@H](NC(=O)CCN)[C@H](C)O4)[C@H](C)O3)[C@@H](C)/C=C/C=C3\CO[C@@H]4[C@H](O)C(C)=C[C@@H](C(=O)O1)[C@]34O)O2. The van der Waals surface area contributed by atoms with Crippen LogP contribution in [0.25, 0.3) is 0 Å². The molecule has 7 aliphatic rings. The lowest BCUT2D eigenvalue weighted by molar-refractivity contribution is -0.311. The molecule has 16 nitrogen and oxygen atoms in total. The summed E-state index contributed by atoms with van der Waals surface area (Å²) in [5.74, 6) is -2.78. The van der Waals surface area contributed by atoms with Gasteiger partial charge in [0.25, 0.3) is 0 Å². The van der Waals surface area contributed by atoms with Crippen LogP contribution in [-0.2, 0) is 57.0 Å². The van der Waals surface area contributed by atoms with E-state index in [1.165, 1.54) is 0 Å². The third-order valence-corrected chi connectivity index (χ3v) is 15.2. The van der Waals surface area contributed by atoms with Gasteiger partial charge in [0.05, 0.1) is 55.4 Å². The number of nitrogens with two attached hydrogens (primary N) is 1. The summed E-state index contributed by atoms with van der Waals surface area (Å²) in [7, 11) is 3.26. The molecule has 0 radical (unpaired) electrons. The molecule has 1 unspecified atom stereocenters. The van der Waals surface area contributed by atoms with E-state index in [1.54, 1.807) is 33.3 Å². The molecule has 6 heterocycles. The van der Waals surface area contributed by atoms with Crippen molar-refractivity contribution in [1.82, 2.24) is 5.32 Å². The molecule has 67 heavy (non-hydrogen) atoms. The molecule has 20 atom stereocenters. The van der Waals surface area contributed by atoms with Gasteiger partial charge >= 0.3 is 5.97 Å². The van der Waals surface area contributed by atoms with Crippen LogP contribution >= 0.6 is 0 Å². The Labute approximate surface area is 396 Å². The smallest absolute Gasteiger partial charge is 0.316 e. The summed E-state index contributed by atoms with van der Waals surface area (Å²) >= 11 is 0. The summed E-state index contributed by atoms with van der Waals surface area (Å²) in [6, 6.07) is -0.364. The minimum absolute atomic E-state index is 0.0231. The Morgan fingerprint density at radius 2 is 1.67 bits per heavy atom. The van der Waals surface area contributed by atoms with E-state index >= 15 is 0 Å². The Bertz CT molecular complexity index is 1890. The zero-order valence-electron chi connectivity index (χ0n) is 41.2. The monoisotopic (exact) mass is 943 g/mol. The molecule has 6 aliphatic heterocycles. The van der Waals surface area contributed by atoms with E-state index in [9.17, 15) is 19.8 Å². The second kappa shape index (κ2) is 22.1. The number of aliphatic hydroxyl groups is 2. The maximum atomic E-state index is 14.4. The van der Waals surface area contributed by atoms with E-state index in [-0.39, 0.29) is 67.9 Å². The lowest BCUT2D eigenvalue weighted by Crippen LogP contribution is -2.59. The fourth-order valence-corrected chi connectivity index (χ4v) is 11.2. The molecule has 1 spiro atoms. The molecule has 376 valence electrons. The van der Waals surface area contributed by atoms with Crippen LogP contribution in [0.1, 0.15) is 100 Å². The van der Waals surface area contributed by atoms with E-state index in [4.69, 9.17) is 53.1 Å². The van der Waals surface area contributed by atoms with Crippen molar-refractivity contribution in [3.63, 3.8) is 0 Å². The van der Waals surface area contributed by atoms with Crippen molar-refractivity contribution < 1.29 is 67.2 Å². The van der Waals surface area contributed by atoms with Gasteiger partial charge in [-0.3, -0.25) is 9.59 Å². The fourth-order valence-electron chi connectivity index (χ4n) is 11.2. The first-order valence-electron chi connectivity index (χ1n) is 24.6. The number of hydrogen-bond donors (Lipinski definition) is 4. The van der Waals surface area contributed by atoms with Crippen molar-refractivity contribution in [2.75, 3.05) is 27.4 Å². The highest BCUT2D eigenvalue weighted by Crippen LogP contribution is 2.47. The summed E-state index contributed by atoms with van der Waals surface area (Å²) in [4.78, 5) is 26.8. The molecular formula is C51H78N2O14. The average Bonchev–Trinajstić information content (AvgIpc) is 3.63. The minimum atomic E-state index is -1.85. The molecular weight excluding hydrogens is 865 g/mol. The van der Waals surface area contributed by atoms with Gasteiger partial charge in [-0.25, -0.2) is 0 Å². The number of carbonyl (C=O) groups excluding carboxylic acids is 2. The largest absolute Gasteiger partial charge is 0.462 e. The van der Waals surface area contributed by atoms with Gasteiger partial charge in [0.15, 0.2) is 18.4 Å². The van der Waals surface area contributed by atoms with E-state index < -0.39 is 90.8 Å². The third kappa shape index (κ3) is 11.2. The summed E-state index contributed by atoms with van der Waals surface area (Å²) < 4.78 is 64.6. The fraction of sp³-hybridized carbons (Fsp3) is 0.765. The first-order valence-corrected chi connectivity index (χ1v) is 24.6. The molecule has 4 saturated heterocycles. The number of hydrogen-bond acceptors (Lipinski definition) is 15. The van der Waals surface area contributed by atoms with Gasteiger partial charge in [0.2, 0.25) is 5.91 Å². The van der Waals surface area contributed by atoms with Crippen molar-refractivity contribution in [1.29, 1.82) is 0 Å². The predicted molar refractivity (Wildman–Crippen MR) is 247 cm³/mol. The Morgan fingerprint density at radius 3 is 2.39 bits per heavy atom. The molecule has 0 aromatic rings. The Hall–Kier alpha value is -2.84. The van der Waals surface area contributed by atoms with Crippen molar-refractivity contribution in [3.8, 4) is 0 Å². The molecule has 0 aromatic heterocycles. The van der Waals surface area contributed by atoms with Gasteiger partial charge in [0, 0.05) is 64.7 Å². The molecule has 7 rings (SSSR count). The molecule has 4 fully saturated rings. The molecule has 5 N–H and O–H groups in total. The van der Waals surface area contributed by atoms with Crippen molar-refractivity contribution in [2.45, 2.75) is 197 Å². The van der Waals surface area contributed by atoms with Crippen molar-refractivity contribution in [3.05, 3.63) is 59.3 Å². The molecule has 1 aliphatic carbocycles. The summed E-state index contributed by atoms with van der Waals surface area (Å²) in [5, 5.41) is 26.8. The van der Waals surface area contributed by atoms with E-state index in [1.807, 2.05) is 39.0 Å². The molecule has 16 heteroatoms. The first kappa shape index (κ1) is 52.0. The topological polar surface area (TPSA) is 205 Å². The van der Waals surface area contributed by atoms with Crippen LogP contribution in [0.15, 0.2) is 59.3 Å². The predicted octanol–water partition coefficient (Wildman–Crippen LogP) is 4.85. The highest BCUT2D eigenvalue weighted by molar-refractivity contribution is 5.78. The van der Waals surface area contributed by atoms with Crippen LogP contribution in [0.2, 0.25) is 0 Å². The van der Waals surface area contributed by atoms with E-state index in [0.717, 1.165) is 12.0 Å². The number of rotatable bonds is 11. The van der Waals surface area contributed by atoms with Gasteiger partial charge in [-0.1, -0.05) is 70.6 Å². The Balaban J connectivity index is 1.15. The number of ether oxygens (including phenoxy) is 10. The zero-order valence-corrected chi connectivity index (χ0v) is 41.2. The quantitative estimate of drug-likeness (QED) is 0.162. The normalized spacial score (nSPS) is 46.3. The Morgan fingerprint density at radius 1 is 0.955 bits per heavy atom. The van der Waals surface area contributed by atoms with Gasteiger partial charge < -0.3 is 68.6 Å². The number of nitrogens with one attached hydrogen (secondary N) is 1. The highest BCUT2D eigenvalue weighted by atomic mass is 16.7. The van der Waals surface area contributed by atoms with Crippen LogP contribution in [0.5, 0.6) is 0 Å². The van der Waals surface area contributed by atoms with Crippen LogP contribution in [0, 0.1) is 23.7 Å². The van der Waals surface area contributed by atoms with E-state index in [2.05, 4.69) is 45.2 Å². The van der Waals surface area contributed by atoms with Crippen LogP contribution < -0.4 is 11.1 Å². The van der Waals surface area contributed by atoms with Crippen LogP contribution in [-0.4, -0.2) is 147 Å². The molecule has 1 amide bonds. The molecule has 0 saturated carbocycles. The third-order valence-electron chi connectivity index (χ3n) is 15.2. The van der Waals surface area contributed by atoms with E-state index in [0.29, 0.717) is 36.8 Å². The van der Waals surface area contributed by atoms with Gasteiger partial charge in [0.1, 0.15) is 35.9 Å². The average molecular weight is 943 g/mol. The lowest BCUT2D eigenvalue weighted by atomic mass is 9.71. The number of esters is 1. The zero-order chi connectivity index (χ0) is 48.4. The van der Waals surface area contributed by atoms with Crippen LogP contribution in [0.4, 0.5) is 0 Å².